The van der Waals surface area contributed by atoms with Gasteiger partial charge in [0.25, 0.3) is 0 Å². The first-order chi connectivity index (χ1) is 8.17. The van der Waals surface area contributed by atoms with Crippen LogP contribution in [0.25, 0.3) is 10.8 Å². The minimum atomic E-state index is 0.398. The fraction of sp³-hybridized carbons (Fsp3) is 0.357. The number of aromatic nitrogens is 1. The maximum absolute atomic E-state index is 5.38. The molecule has 0 aliphatic heterocycles. The van der Waals surface area contributed by atoms with E-state index in [-0.39, 0.29) is 0 Å². The molecule has 0 radical (unpaired) electrons. The highest BCUT2D eigenvalue weighted by atomic mass is 16.5. The number of nitrogens with zero attached hydrogens (tertiary/aromatic N) is 1. The maximum atomic E-state index is 5.38. The standard InChI is InChI=1S/C14H17NO2/c1-9(2)12-7-10-11(8-15-12)14(17-4)6-5-13(10)16-3/h5-9H,1-4H3. The van der Waals surface area contributed by atoms with Crippen LogP contribution >= 0.6 is 0 Å². The molecule has 1 aromatic heterocycles. The van der Waals surface area contributed by atoms with Crippen LogP contribution in [0.15, 0.2) is 24.4 Å². The van der Waals surface area contributed by atoms with Gasteiger partial charge in [0.05, 0.1) is 14.2 Å². The van der Waals surface area contributed by atoms with E-state index in [1.807, 2.05) is 18.3 Å². The van der Waals surface area contributed by atoms with Crippen LogP contribution in [-0.4, -0.2) is 19.2 Å². The first kappa shape index (κ1) is 11.7. The second-order valence-electron chi connectivity index (χ2n) is 4.28. The van der Waals surface area contributed by atoms with Gasteiger partial charge in [-0.15, -0.1) is 0 Å². The highest BCUT2D eigenvalue weighted by Gasteiger charge is 2.10. The Morgan fingerprint density at radius 1 is 1.00 bits per heavy atom. The monoisotopic (exact) mass is 231 g/mol. The Labute approximate surface area is 101 Å². The van der Waals surface area contributed by atoms with E-state index in [1.54, 1.807) is 14.2 Å². The fourth-order valence-electron chi connectivity index (χ4n) is 1.87. The molecule has 0 atom stereocenters. The third-order valence-electron chi connectivity index (χ3n) is 2.87. The Morgan fingerprint density at radius 3 is 2.12 bits per heavy atom. The zero-order valence-corrected chi connectivity index (χ0v) is 10.7. The van der Waals surface area contributed by atoms with E-state index in [0.717, 1.165) is 28.0 Å². The van der Waals surface area contributed by atoms with Gasteiger partial charge >= 0.3 is 0 Å². The van der Waals surface area contributed by atoms with Gasteiger partial charge in [-0.3, -0.25) is 4.98 Å². The summed E-state index contributed by atoms with van der Waals surface area (Å²) in [5, 5.41) is 2.03. The predicted molar refractivity (Wildman–Crippen MR) is 68.9 cm³/mol. The quantitative estimate of drug-likeness (QED) is 0.811. The average molecular weight is 231 g/mol. The summed E-state index contributed by atoms with van der Waals surface area (Å²) >= 11 is 0. The molecular weight excluding hydrogens is 214 g/mol. The normalized spacial score (nSPS) is 10.9. The summed E-state index contributed by atoms with van der Waals surface area (Å²) in [6, 6.07) is 5.89. The van der Waals surface area contributed by atoms with E-state index in [9.17, 15) is 0 Å². The number of fused-ring (bicyclic) bond motifs is 1. The Hall–Kier alpha value is -1.77. The average Bonchev–Trinajstić information content (AvgIpc) is 2.36. The van der Waals surface area contributed by atoms with Crippen molar-refractivity contribution >= 4 is 10.8 Å². The lowest BCUT2D eigenvalue weighted by Gasteiger charge is -2.11. The van der Waals surface area contributed by atoms with Crippen molar-refractivity contribution in [2.75, 3.05) is 14.2 Å². The molecule has 0 saturated carbocycles. The van der Waals surface area contributed by atoms with Crippen molar-refractivity contribution in [1.82, 2.24) is 4.98 Å². The van der Waals surface area contributed by atoms with Gasteiger partial charge in [0, 0.05) is 22.7 Å². The van der Waals surface area contributed by atoms with Gasteiger partial charge in [0.1, 0.15) is 11.5 Å². The number of hydrogen-bond donors (Lipinski definition) is 0. The lowest BCUT2D eigenvalue weighted by molar-refractivity contribution is 0.410. The van der Waals surface area contributed by atoms with Crippen molar-refractivity contribution in [3.05, 3.63) is 30.1 Å². The number of methoxy groups -OCH3 is 2. The van der Waals surface area contributed by atoms with Gasteiger partial charge in [0.15, 0.2) is 0 Å². The number of ether oxygens (including phenoxy) is 2. The van der Waals surface area contributed by atoms with Gasteiger partial charge in [-0.1, -0.05) is 13.8 Å². The molecule has 0 aliphatic rings. The van der Waals surface area contributed by atoms with Crippen LogP contribution < -0.4 is 9.47 Å². The van der Waals surface area contributed by atoms with Crippen LogP contribution in [0.2, 0.25) is 0 Å². The molecule has 2 aromatic rings. The smallest absolute Gasteiger partial charge is 0.128 e. The molecule has 0 N–H and O–H groups in total. The Kier molecular flexibility index (Phi) is 3.18. The molecule has 90 valence electrons. The van der Waals surface area contributed by atoms with E-state index >= 15 is 0 Å². The summed E-state index contributed by atoms with van der Waals surface area (Å²) in [5.74, 6) is 2.07. The molecule has 1 heterocycles. The number of pyridine rings is 1. The van der Waals surface area contributed by atoms with Crippen molar-refractivity contribution < 1.29 is 9.47 Å². The Balaban J connectivity index is 2.72. The van der Waals surface area contributed by atoms with Gasteiger partial charge in [-0.25, -0.2) is 0 Å². The maximum Gasteiger partial charge on any atom is 0.128 e. The number of rotatable bonds is 3. The fourth-order valence-corrected chi connectivity index (χ4v) is 1.87. The Bertz CT molecular complexity index is 535. The first-order valence-electron chi connectivity index (χ1n) is 5.68. The van der Waals surface area contributed by atoms with Crippen molar-refractivity contribution in [2.45, 2.75) is 19.8 Å². The topological polar surface area (TPSA) is 31.4 Å². The molecule has 0 unspecified atom stereocenters. The molecule has 0 amide bonds. The van der Waals surface area contributed by atoms with E-state index in [0.29, 0.717) is 5.92 Å². The molecule has 2 rings (SSSR count). The van der Waals surface area contributed by atoms with Gasteiger partial charge in [-0.05, 0) is 24.1 Å². The largest absolute Gasteiger partial charge is 0.496 e. The number of benzene rings is 1. The lowest BCUT2D eigenvalue weighted by Crippen LogP contribution is -1.95. The second kappa shape index (κ2) is 4.62. The van der Waals surface area contributed by atoms with Crippen LogP contribution in [0.1, 0.15) is 25.5 Å². The van der Waals surface area contributed by atoms with Crippen LogP contribution in [-0.2, 0) is 0 Å². The zero-order chi connectivity index (χ0) is 12.4. The molecule has 0 saturated heterocycles. The van der Waals surface area contributed by atoms with Crippen molar-refractivity contribution in [3.8, 4) is 11.5 Å². The molecule has 1 aromatic carbocycles. The van der Waals surface area contributed by atoms with Crippen LogP contribution in [0, 0.1) is 0 Å². The summed E-state index contributed by atoms with van der Waals surface area (Å²) in [5.41, 5.74) is 1.06. The van der Waals surface area contributed by atoms with Gasteiger partial charge < -0.3 is 9.47 Å². The SMILES string of the molecule is COc1ccc(OC)c2cc(C(C)C)ncc12. The molecular formula is C14H17NO2. The lowest BCUT2D eigenvalue weighted by atomic mass is 10.0. The zero-order valence-electron chi connectivity index (χ0n) is 10.7. The molecule has 3 nitrogen and oxygen atoms in total. The third kappa shape index (κ3) is 2.05. The Morgan fingerprint density at radius 2 is 1.59 bits per heavy atom. The van der Waals surface area contributed by atoms with E-state index in [4.69, 9.17) is 9.47 Å². The predicted octanol–water partition coefficient (Wildman–Crippen LogP) is 3.38. The van der Waals surface area contributed by atoms with Crippen LogP contribution in [0.5, 0.6) is 11.5 Å². The minimum absolute atomic E-state index is 0.398. The molecule has 0 spiro atoms. The van der Waals surface area contributed by atoms with E-state index < -0.39 is 0 Å². The molecule has 17 heavy (non-hydrogen) atoms. The van der Waals surface area contributed by atoms with Crippen molar-refractivity contribution in [3.63, 3.8) is 0 Å². The van der Waals surface area contributed by atoms with Crippen LogP contribution in [0.3, 0.4) is 0 Å². The van der Waals surface area contributed by atoms with Crippen molar-refractivity contribution in [2.24, 2.45) is 0 Å². The molecule has 0 aliphatic carbocycles. The summed E-state index contributed by atoms with van der Waals surface area (Å²) in [6.45, 7) is 4.25. The van der Waals surface area contributed by atoms with E-state index in [1.165, 1.54) is 0 Å². The van der Waals surface area contributed by atoms with Crippen molar-refractivity contribution in [1.29, 1.82) is 0 Å². The summed E-state index contributed by atoms with van der Waals surface area (Å²) in [7, 11) is 3.34. The summed E-state index contributed by atoms with van der Waals surface area (Å²) in [4.78, 5) is 4.45. The summed E-state index contributed by atoms with van der Waals surface area (Å²) in [6.07, 6.45) is 1.85. The summed E-state index contributed by atoms with van der Waals surface area (Å²) < 4.78 is 10.7. The number of hydrogen-bond acceptors (Lipinski definition) is 3. The van der Waals surface area contributed by atoms with E-state index in [2.05, 4.69) is 24.9 Å². The highest BCUT2D eigenvalue weighted by molar-refractivity contribution is 5.93. The molecule has 0 bridgehead atoms. The minimum Gasteiger partial charge on any atom is -0.496 e. The molecule has 3 heteroatoms. The van der Waals surface area contributed by atoms with Crippen LogP contribution in [0.4, 0.5) is 0 Å². The highest BCUT2D eigenvalue weighted by Crippen LogP contribution is 2.33. The van der Waals surface area contributed by atoms with Gasteiger partial charge in [-0.2, -0.15) is 0 Å². The van der Waals surface area contributed by atoms with Gasteiger partial charge in [0.2, 0.25) is 0 Å². The third-order valence-corrected chi connectivity index (χ3v) is 2.87. The molecule has 0 fully saturated rings. The first-order valence-corrected chi connectivity index (χ1v) is 5.68. The second-order valence-corrected chi connectivity index (χ2v) is 4.28.